The lowest BCUT2D eigenvalue weighted by molar-refractivity contribution is -0.389. The molecule has 0 aliphatic carbocycles. The van der Waals surface area contributed by atoms with Crippen molar-refractivity contribution < 1.29 is 4.92 Å². The van der Waals surface area contributed by atoms with Crippen LogP contribution in [0.4, 0.5) is 5.82 Å². The van der Waals surface area contributed by atoms with Crippen molar-refractivity contribution in [2.45, 2.75) is 5.92 Å². The van der Waals surface area contributed by atoms with Gasteiger partial charge in [0.05, 0.1) is 11.1 Å². The predicted octanol–water partition coefficient (Wildman–Crippen LogP) is 3.30. The lowest BCUT2D eigenvalue weighted by Crippen LogP contribution is -2.04. The number of hydrogen-bond acceptors (Lipinski definition) is 4. The fourth-order valence-electron chi connectivity index (χ4n) is 1.69. The largest absolute Gasteiger partial charge is 0.363 e. The molecule has 5 nitrogen and oxygen atoms in total. The molecule has 19 heavy (non-hydrogen) atoms. The molecule has 0 saturated heterocycles. The van der Waals surface area contributed by atoms with Crippen molar-refractivity contribution in [3.05, 3.63) is 68.9 Å². The average Bonchev–Trinajstić information content (AvgIpc) is 2.42. The molecule has 0 N–H and O–H groups in total. The van der Waals surface area contributed by atoms with Crippen LogP contribution >= 0.6 is 11.6 Å². The molecule has 0 radical (unpaired) electrons. The van der Waals surface area contributed by atoms with E-state index in [0.717, 1.165) is 0 Å². The van der Waals surface area contributed by atoms with Crippen LogP contribution in [-0.2, 0) is 0 Å². The quantitative estimate of drug-likeness (QED) is 0.635. The summed E-state index contributed by atoms with van der Waals surface area (Å²) < 4.78 is 0. The summed E-state index contributed by atoms with van der Waals surface area (Å²) in [5.74, 6) is -1.05. The number of benzene rings is 1. The summed E-state index contributed by atoms with van der Waals surface area (Å²) >= 11 is 5.99. The molecule has 1 aromatic carbocycles. The van der Waals surface area contributed by atoms with Crippen molar-refractivity contribution in [3.63, 3.8) is 0 Å². The van der Waals surface area contributed by atoms with Gasteiger partial charge in [0.15, 0.2) is 5.69 Å². The Kier molecular flexibility index (Phi) is 3.74. The van der Waals surface area contributed by atoms with Crippen molar-refractivity contribution >= 4 is 17.4 Å². The van der Waals surface area contributed by atoms with Crippen molar-refractivity contribution in [1.82, 2.24) is 4.98 Å². The lowest BCUT2D eigenvalue weighted by atomic mass is 9.97. The number of nitrogens with zero attached hydrogens (tertiary/aromatic N) is 3. The highest BCUT2D eigenvalue weighted by Gasteiger charge is 2.24. The van der Waals surface area contributed by atoms with Gasteiger partial charge in [-0.15, -0.1) is 0 Å². The van der Waals surface area contributed by atoms with Gasteiger partial charge in [-0.25, -0.2) is 0 Å². The molecule has 1 heterocycles. The van der Waals surface area contributed by atoms with Crippen LogP contribution in [0, 0.1) is 21.4 Å². The Morgan fingerprint density at radius 3 is 2.53 bits per heavy atom. The third-order valence-electron chi connectivity index (χ3n) is 2.58. The lowest BCUT2D eigenvalue weighted by Gasteiger charge is -2.07. The molecule has 6 heteroatoms. The van der Waals surface area contributed by atoms with Gasteiger partial charge in [0.1, 0.15) is 5.92 Å². The summed E-state index contributed by atoms with van der Waals surface area (Å²) in [6.07, 6.45) is 0. The zero-order valence-corrected chi connectivity index (χ0v) is 10.4. The number of hydrogen-bond donors (Lipinski definition) is 0. The van der Waals surface area contributed by atoms with E-state index in [1.165, 1.54) is 12.1 Å². The second kappa shape index (κ2) is 5.46. The molecule has 2 rings (SSSR count). The molecule has 1 atom stereocenters. The Bertz CT molecular complexity index is 653. The van der Waals surface area contributed by atoms with E-state index in [2.05, 4.69) is 11.1 Å². The van der Waals surface area contributed by atoms with Crippen LogP contribution < -0.4 is 0 Å². The van der Waals surface area contributed by atoms with Gasteiger partial charge in [-0.05, 0) is 21.5 Å². The second-order valence-electron chi connectivity index (χ2n) is 3.77. The number of pyridine rings is 1. The minimum Gasteiger partial charge on any atom is -0.358 e. The Balaban J connectivity index is 2.53. The zero-order chi connectivity index (χ0) is 13.8. The first-order valence-corrected chi connectivity index (χ1v) is 5.76. The van der Waals surface area contributed by atoms with Gasteiger partial charge >= 0.3 is 5.82 Å². The highest BCUT2D eigenvalue weighted by molar-refractivity contribution is 6.31. The molecule has 0 amide bonds. The second-order valence-corrected chi connectivity index (χ2v) is 4.17. The Labute approximate surface area is 114 Å². The first kappa shape index (κ1) is 13.0. The highest BCUT2D eigenvalue weighted by Crippen LogP contribution is 2.29. The maximum absolute atomic E-state index is 10.7. The first-order chi connectivity index (χ1) is 9.13. The van der Waals surface area contributed by atoms with Gasteiger partial charge < -0.3 is 10.1 Å². The SMILES string of the molecule is N#CC(c1ccccc1)c1nc([N+](=O)[O-])ccc1Cl. The highest BCUT2D eigenvalue weighted by atomic mass is 35.5. The van der Waals surface area contributed by atoms with Crippen LogP contribution in [0.1, 0.15) is 17.2 Å². The van der Waals surface area contributed by atoms with Crippen LogP contribution in [0.5, 0.6) is 0 Å². The van der Waals surface area contributed by atoms with Gasteiger partial charge in [0, 0.05) is 6.07 Å². The van der Waals surface area contributed by atoms with Crippen LogP contribution in [0.15, 0.2) is 42.5 Å². The monoisotopic (exact) mass is 273 g/mol. The summed E-state index contributed by atoms with van der Waals surface area (Å²) in [6.45, 7) is 0. The molecule has 0 spiro atoms. The van der Waals surface area contributed by atoms with Gasteiger partial charge in [-0.2, -0.15) is 5.26 Å². The molecule has 0 aliphatic heterocycles. The minimum atomic E-state index is -0.728. The van der Waals surface area contributed by atoms with Crippen molar-refractivity contribution in [2.75, 3.05) is 0 Å². The molecule has 1 aromatic heterocycles. The molecule has 1 unspecified atom stereocenters. The number of nitro groups is 1. The third-order valence-corrected chi connectivity index (χ3v) is 2.90. The van der Waals surface area contributed by atoms with Crippen LogP contribution in [0.25, 0.3) is 0 Å². The van der Waals surface area contributed by atoms with Gasteiger partial charge in [-0.1, -0.05) is 41.9 Å². The Morgan fingerprint density at radius 1 is 1.26 bits per heavy atom. The van der Waals surface area contributed by atoms with Gasteiger partial charge in [0.25, 0.3) is 0 Å². The first-order valence-electron chi connectivity index (χ1n) is 5.39. The smallest absolute Gasteiger partial charge is 0.358 e. The van der Waals surface area contributed by atoms with E-state index >= 15 is 0 Å². The average molecular weight is 274 g/mol. The maximum Gasteiger partial charge on any atom is 0.363 e. The fourth-order valence-corrected chi connectivity index (χ4v) is 1.90. The van der Waals surface area contributed by atoms with Crippen LogP contribution in [-0.4, -0.2) is 9.91 Å². The van der Waals surface area contributed by atoms with Crippen LogP contribution in [0.2, 0.25) is 5.02 Å². The molecule has 94 valence electrons. The van der Waals surface area contributed by atoms with E-state index in [9.17, 15) is 15.4 Å². The van der Waals surface area contributed by atoms with Crippen LogP contribution in [0.3, 0.4) is 0 Å². The fraction of sp³-hybridized carbons (Fsp3) is 0.0769. The van der Waals surface area contributed by atoms with E-state index in [1.54, 1.807) is 24.3 Å². The zero-order valence-electron chi connectivity index (χ0n) is 9.65. The van der Waals surface area contributed by atoms with Gasteiger partial charge in [0.2, 0.25) is 0 Å². The van der Waals surface area contributed by atoms with Crippen molar-refractivity contribution in [2.24, 2.45) is 0 Å². The van der Waals surface area contributed by atoms with E-state index in [-0.39, 0.29) is 16.5 Å². The number of halogens is 1. The minimum absolute atomic E-state index is 0.199. The standard InChI is InChI=1S/C13H8ClN3O2/c14-11-6-7-12(17(18)19)16-13(11)10(8-15)9-4-2-1-3-5-9/h1-7,10H. The molecule has 2 aromatic rings. The summed E-state index contributed by atoms with van der Waals surface area (Å²) in [7, 11) is 0. The van der Waals surface area contributed by atoms with E-state index < -0.39 is 10.8 Å². The molecule has 0 bridgehead atoms. The molecular weight excluding hydrogens is 266 g/mol. The van der Waals surface area contributed by atoms with E-state index in [4.69, 9.17) is 11.6 Å². The summed E-state index contributed by atoms with van der Waals surface area (Å²) in [6, 6.07) is 13.6. The number of rotatable bonds is 3. The topological polar surface area (TPSA) is 79.8 Å². The molecular formula is C13H8ClN3O2. The normalized spacial score (nSPS) is 11.6. The van der Waals surface area contributed by atoms with Crippen molar-refractivity contribution in [1.29, 1.82) is 5.26 Å². The maximum atomic E-state index is 10.7. The Hall–Kier alpha value is -2.45. The van der Waals surface area contributed by atoms with E-state index in [0.29, 0.717) is 5.56 Å². The molecule has 0 fully saturated rings. The van der Waals surface area contributed by atoms with E-state index in [1.807, 2.05) is 6.07 Å². The molecule has 0 saturated carbocycles. The van der Waals surface area contributed by atoms with Gasteiger partial charge in [-0.3, -0.25) is 0 Å². The predicted molar refractivity (Wildman–Crippen MR) is 69.8 cm³/mol. The number of aromatic nitrogens is 1. The van der Waals surface area contributed by atoms with Crippen molar-refractivity contribution in [3.8, 4) is 6.07 Å². The summed E-state index contributed by atoms with van der Waals surface area (Å²) in [5, 5.41) is 20.2. The third kappa shape index (κ3) is 2.69. The summed E-state index contributed by atoms with van der Waals surface area (Å²) in [4.78, 5) is 14.0. The summed E-state index contributed by atoms with van der Waals surface area (Å²) in [5.41, 5.74) is 0.893. The molecule has 0 aliphatic rings. The number of nitriles is 1. The Morgan fingerprint density at radius 2 is 1.95 bits per heavy atom.